The van der Waals surface area contributed by atoms with Crippen molar-refractivity contribution in [3.63, 3.8) is 0 Å². The summed E-state index contributed by atoms with van der Waals surface area (Å²) in [6.07, 6.45) is 0. The first-order chi connectivity index (χ1) is 12.6. The predicted octanol–water partition coefficient (Wildman–Crippen LogP) is 4.45. The minimum absolute atomic E-state index is 0.636. The molecule has 8 heteroatoms. The average molecular weight is 424 g/mol. The number of fused-ring (bicyclic) bond motifs is 1. The Morgan fingerprint density at radius 2 is 2.00 bits per heavy atom. The van der Waals surface area contributed by atoms with Crippen molar-refractivity contribution in [2.75, 3.05) is 23.8 Å². The van der Waals surface area contributed by atoms with Crippen LogP contribution in [0.25, 0.3) is 16.7 Å². The minimum atomic E-state index is -0.978. The first-order valence-corrected chi connectivity index (χ1v) is 11.6. The normalized spacial score (nSPS) is 12.2. The highest BCUT2D eigenvalue weighted by Gasteiger charge is 2.08. The van der Waals surface area contributed by atoms with E-state index in [1.807, 2.05) is 30.3 Å². The van der Waals surface area contributed by atoms with Gasteiger partial charge in [-0.15, -0.1) is 0 Å². The molecule has 4 nitrogen and oxygen atoms in total. The van der Waals surface area contributed by atoms with Gasteiger partial charge in [0, 0.05) is 45.0 Å². The van der Waals surface area contributed by atoms with Gasteiger partial charge in [0.05, 0.1) is 22.5 Å². The smallest absolute Gasteiger partial charge is 0.114 e. The molecule has 136 valence electrons. The molecule has 26 heavy (non-hydrogen) atoms. The third-order valence-electron chi connectivity index (χ3n) is 3.69. The number of hydrogen-bond donors (Lipinski definition) is 1. The molecule has 0 aliphatic rings. The maximum atomic E-state index is 12.2. The summed E-state index contributed by atoms with van der Waals surface area (Å²) in [6.45, 7) is 4.90. The largest absolute Gasteiger partial charge is 0.384 e. The number of halogens is 1. The maximum absolute atomic E-state index is 12.2. The highest BCUT2D eigenvalue weighted by atomic mass is 35.5. The van der Waals surface area contributed by atoms with Crippen molar-refractivity contribution in [3.05, 3.63) is 59.6 Å². The van der Waals surface area contributed by atoms with Gasteiger partial charge in [0.25, 0.3) is 0 Å². The standard InChI is InChI=1S/C18H18ClN3OS3/c1-13(16-3-2-4-17-18(16)22-25-21-17)20-9-10-24-11-12-26(23)15-7-5-14(19)6-8-15/h2-8,20H,1,9-12H2. The summed E-state index contributed by atoms with van der Waals surface area (Å²) < 4.78 is 20.8. The quantitative estimate of drug-likeness (QED) is 0.515. The molecule has 0 fully saturated rings. The lowest BCUT2D eigenvalue weighted by Gasteiger charge is -2.10. The molecule has 0 saturated carbocycles. The number of hydrogen-bond acceptors (Lipinski definition) is 6. The number of aromatic nitrogens is 2. The Balaban J connectivity index is 1.38. The van der Waals surface area contributed by atoms with Crippen LogP contribution in [0.1, 0.15) is 5.56 Å². The number of thioether (sulfide) groups is 1. The van der Waals surface area contributed by atoms with Gasteiger partial charge in [-0.1, -0.05) is 30.3 Å². The van der Waals surface area contributed by atoms with E-state index in [-0.39, 0.29) is 0 Å². The topological polar surface area (TPSA) is 54.9 Å². The van der Waals surface area contributed by atoms with Gasteiger partial charge in [-0.2, -0.15) is 20.5 Å². The Morgan fingerprint density at radius 3 is 2.81 bits per heavy atom. The zero-order valence-corrected chi connectivity index (χ0v) is 17.2. The van der Waals surface area contributed by atoms with E-state index >= 15 is 0 Å². The zero-order chi connectivity index (χ0) is 18.4. The highest BCUT2D eigenvalue weighted by molar-refractivity contribution is 8.00. The van der Waals surface area contributed by atoms with Gasteiger partial charge < -0.3 is 5.32 Å². The molecule has 0 spiro atoms. The van der Waals surface area contributed by atoms with E-state index in [1.54, 1.807) is 23.9 Å². The number of benzene rings is 2. The Kier molecular flexibility index (Phi) is 7.07. The van der Waals surface area contributed by atoms with E-state index in [4.69, 9.17) is 11.6 Å². The summed E-state index contributed by atoms with van der Waals surface area (Å²) in [5.74, 6) is 2.40. The third-order valence-corrected chi connectivity index (χ3v) is 7.10. The summed E-state index contributed by atoms with van der Waals surface area (Å²) in [6, 6.07) is 13.1. The summed E-state index contributed by atoms with van der Waals surface area (Å²) in [7, 11) is -0.978. The lowest BCUT2D eigenvalue weighted by molar-refractivity contribution is 0.684. The van der Waals surface area contributed by atoms with Crippen LogP contribution in [0, 0.1) is 0 Å². The van der Waals surface area contributed by atoms with Gasteiger partial charge >= 0.3 is 0 Å². The van der Waals surface area contributed by atoms with E-state index in [1.165, 1.54) is 11.7 Å². The molecular weight excluding hydrogens is 406 g/mol. The summed E-state index contributed by atoms with van der Waals surface area (Å²) in [5.41, 5.74) is 3.63. The Morgan fingerprint density at radius 1 is 1.19 bits per heavy atom. The van der Waals surface area contributed by atoms with E-state index in [0.29, 0.717) is 10.8 Å². The van der Waals surface area contributed by atoms with Crippen LogP contribution in [0.15, 0.2) is 53.9 Å². The Hall–Kier alpha value is -1.41. The molecule has 3 rings (SSSR count). The Bertz CT molecular complexity index is 911. The predicted molar refractivity (Wildman–Crippen MR) is 115 cm³/mol. The lowest BCUT2D eigenvalue weighted by atomic mass is 10.1. The second-order valence-corrected chi connectivity index (χ2v) is 9.22. The van der Waals surface area contributed by atoms with Gasteiger partial charge in [-0.25, -0.2) is 0 Å². The van der Waals surface area contributed by atoms with Gasteiger partial charge in [0.15, 0.2) is 0 Å². The summed E-state index contributed by atoms with van der Waals surface area (Å²) >= 11 is 8.83. The molecule has 1 aromatic heterocycles. The first kappa shape index (κ1) is 19.4. The number of nitrogens with zero attached hydrogens (tertiary/aromatic N) is 2. The third kappa shape index (κ3) is 5.07. The van der Waals surface area contributed by atoms with Crippen molar-refractivity contribution >= 4 is 62.6 Å². The van der Waals surface area contributed by atoms with Crippen LogP contribution in [0.4, 0.5) is 0 Å². The second-order valence-electron chi connectivity index (χ2n) is 5.46. The Labute approximate surface area is 168 Å². The van der Waals surface area contributed by atoms with Gasteiger partial charge in [0.2, 0.25) is 0 Å². The highest BCUT2D eigenvalue weighted by Crippen LogP contribution is 2.21. The van der Waals surface area contributed by atoms with Crippen molar-refractivity contribution in [1.29, 1.82) is 0 Å². The van der Waals surface area contributed by atoms with Gasteiger partial charge in [-0.3, -0.25) is 4.21 Å². The molecule has 0 radical (unpaired) electrons. The molecule has 0 amide bonds. The van der Waals surface area contributed by atoms with Crippen molar-refractivity contribution in [1.82, 2.24) is 14.1 Å². The van der Waals surface area contributed by atoms with Crippen molar-refractivity contribution < 1.29 is 4.21 Å². The number of rotatable bonds is 9. The van der Waals surface area contributed by atoms with Crippen LogP contribution >= 0.6 is 35.1 Å². The zero-order valence-electron chi connectivity index (χ0n) is 14.0. The van der Waals surface area contributed by atoms with Crippen LogP contribution in [0.3, 0.4) is 0 Å². The lowest BCUT2D eigenvalue weighted by Crippen LogP contribution is -2.15. The molecule has 3 aromatic rings. The fraction of sp³-hybridized carbons (Fsp3) is 0.222. The van der Waals surface area contributed by atoms with Crippen LogP contribution < -0.4 is 5.32 Å². The summed E-state index contributed by atoms with van der Waals surface area (Å²) in [4.78, 5) is 0.825. The fourth-order valence-corrected chi connectivity index (χ4v) is 5.24. The number of nitrogens with one attached hydrogen (secondary N) is 1. The van der Waals surface area contributed by atoms with E-state index < -0.39 is 10.8 Å². The molecule has 0 aliphatic heterocycles. The monoisotopic (exact) mass is 423 g/mol. The molecular formula is C18H18ClN3OS3. The van der Waals surface area contributed by atoms with Crippen LogP contribution in [-0.4, -0.2) is 36.8 Å². The summed E-state index contributed by atoms with van der Waals surface area (Å²) in [5, 5.41) is 4.00. The molecule has 0 aliphatic carbocycles. The molecule has 0 saturated heterocycles. The van der Waals surface area contributed by atoms with E-state index in [2.05, 4.69) is 20.6 Å². The fourth-order valence-electron chi connectivity index (χ4n) is 2.36. The van der Waals surface area contributed by atoms with Crippen LogP contribution in [0.5, 0.6) is 0 Å². The first-order valence-electron chi connectivity index (χ1n) is 8.01. The minimum Gasteiger partial charge on any atom is -0.384 e. The maximum Gasteiger partial charge on any atom is 0.114 e. The molecule has 0 bridgehead atoms. The molecule has 1 heterocycles. The molecule has 1 N–H and O–H groups in total. The van der Waals surface area contributed by atoms with Crippen LogP contribution in [-0.2, 0) is 10.8 Å². The average Bonchev–Trinajstić information content (AvgIpc) is 3.13. The van der Waals surface area contributed by atoms with Crippen molar-refractivity contribution in [2.24, 2.45) is 0 Å². The van der Waals surface area contributed by atoms with Crippen molar-refractivity contribution in [2.45, 2.75) is 4.90 Å². The van der Waals surface area contributed by atoms with Gasteiger partial charge in [-0.05, 0) is 30.3 Å². The van der Waals surface area contributed by atoms with Crippen molar-refractivity contribution in [3.8, 4) is 0 Å². The van der Waals surface area contributed by atoms with E-state index in [9.17, 15) is 4.21 Å². The second kappa shape index (κ2) is 9.50. The molecule has 2 aromatic carbocycles. The SMILES string of the molecule is C=C(NCCSCCS(=O)c1ccc(Cl)cc1)c1cccc2nsnc12. The van der Waals surface area contributed by atoms with E-state index in [0.717, 1.165) is 45.2 Å². The van der Waals surface area contributed by atoms with Crippen LogP contribution in [0.2, 0.25) is 5.02 Å². The molecule has 1 atom stereocenters. The van der Waals surface area contributed by atoms with Gasteiger partial charge in [0.1, 0.15) is 11.0 Å². The molecule has 1 unspecified atom stereocenters.